The van der Waals surface area contributed by atoms with Crippen molar-refractivity contribution in [2.45, 2.75) is 51.7 Å². The Kier molecular flexibility index (Phi) is 6.80. The van der Waals surface area contributed by atoms with Gasteiger partial charge in [0.15, 0.2) is 0 Å². The number of benzene rings is 1. The van der Waals surface area contributed by atoms with E-state index in [1.165, 1.54) is 11.1 Å². The molecule has 1 aliphatic rings. The van der Waals surface area contributed by atoms with Gasteiger partial charge in [0.1, 0.15) is 0 Å². The highest BCUT2D eigenvalue weighted by atomic mass is 32.2. The van der Waals surface area contributed by atoms with Crippen LogP contribution in [0.25, 0.3) is 0 Å². The molecule has 6 nitrogen and oxygen atoms in total. The molecule has 0 saturated carbocycles. The van der Waals surface area contributed by atoms with Crippen molar-refractivity contribution < 1.29 is 18.3 Å². The van der Waals surface area contributed by atoms with Gasteiger partial charge in [-0.25, -0.2) is 8.42 Å². The monoisotopic (exact) mass is 418 g/mol. The van der Waals surface area contributed by atoms with E-state index < -0.39 is 22.0 Å². The van der Waals surface area contributed by atoms with E-state index in [9.17, 15) is 18.3 Å². The van der Waals surface area contributed by atoms with Crippen LogP contribution in [0.3, 0.4) is 0 Å². The Morgan fingerprint density at radius 1 is 1.24 bits per heavy atom. The summed E-state index contributed by atoms with van der Waals surface area (Å²) in [6.07, 6.45) is 8.23. The third-order valence-corrected chi connectivity index (χ3v) is 6.25. The number of hydrogen-bond donors (Lipinski definition) is 2. The summed E-state index contributed by atoms with van der Waals surface area (Å²) < 4.78 is 26.2. The average Bonchev–Trinajstić information content (AvgIpc) is 3.23. The Hall–Kier alpha value is -2.12. The first kappa shape index (κ1) is 21.6. The van der Waals surface area contributed by atoms with Crippen LogP contribution in [-0.4, -0.2) is 36.4 Å². The van der Waals surface area contributed by atoms with Crippen molar-refractivity contribution in [3.63, 3.8) is 0 Å². The lowest BCUT2D eigenvalue weighted by Crippen LogP contribution is -2.29. The molecule has 1 aromatic carbocycles. The number of aliphatic hydroxyl groups is 1. The third-order valence-electron chi connectivity index (χ3n) is 5.65. The molecule has 1 aliphatic carbocycles. The molecule has 7 heteroatoms. The summed E-state index contributed by atoms with van der Waals surface area (Å²) in [5.41, 5.74) is 3.83. The van der Waals surface area contributed by atoms with E-state index in [-0.39, 0.29) is 12.3 Å². The second-order valence-electron chi connectivity index (χ2n) is 8.29. The van der Waals surface area contributed by atoms with Crippen LogP contribution in [0.2, 0.25) is 0 Å². The van der Waals surface area contributed by atoms with Crippen LogP contribution in [0, 0.1) is 11.8 Å². The largest absolute Gasteiger partial charge is 0.393 e. The van der Waals surface area contributed by atoms with Crippen LogP contribution in [0.4, 0.5) is 0 Å². The molecule has 0 fully saturated rings. The lowest BCUT2D eigenvalue weighted by Gasteiger charge is -2.24. The number of rotatable bonds is 9. The standard InChI is InChI=1S/C22H30N2O4S/c1-16(25)21(13-18-11-19-5-3-4-6-20(19)12-18)15-24-10-9-17(14-24)7-8-22(26)23-29(2,27)28/h3-6,9-10,14,16,18,21,25H,7-8,11-13,15H2,1-2H3,(H,23,26)/t16-,21+/m1/s1. The van der Waals surface area contributed by atoms with Crippen molar-refractivity contribution >= 4 is 15.9 Å². The topological polar surface area (TPSA) is 88.4 Å². The average molecular weight is 419 g/mol. The van der Waals surface area contributed by atoms with Crippen molar-refractivity contribution in [1.82, 2.24) is 9.29 Å². The zero-order chi connectivity index (χ0) is 21.0. The van der Waals surface area contributed by atoms with Crippen molar-refractivity contribution in [3.8, 4) is 0 Å². The van der Waals surface area contributed by atoms with Gasteiger partial charge in [0.2, 0.25) is 15.9 Å². The number of carbonyl (C=O) groups excluding carboxylic acids is 1. The van der Waals surface area contributed by atoms with Crippen molar-refractivity contribution in [3.05, 3.63) is 59.4 Å². The molecular formula is C22H30N2O4S. The van der Waals surface area contributed by atoms with E-state index in [2.05, 4.69) is 28.8 Å². The van der Waals surface area contributed by atoms with E-state index in [4.69, 9.17) is 0 Å². The Balaban J connectivity index is 1.53. The zero-order valence-corrected chi connectivity index (χ0v) is 17.9. The minimum atomic E-state index is -3.51. The first-order valence-corrected chi connectivity index (χ1v) is 12.0. The second-order valence-corrected chi connectivity index (χ2v) is 10.0. The van der Waals surface area contributed by atoms with E-state index in [0.717, 1.165) is 37.6 Å². The molecule has 0 saturated heterocycles. The summed E-state index contributed by atoms with van der Waals surface area (Å²) in [4.78, 5) is 11.7. The van der Waals surface area contributed by atoms with Gasteiger partial charge in [-0.05, 0) is 61.3 Å². The first-order chi connectivity index (χ1) is 13.7. The lowest BCUT2D eigenvalue weighted by molar-refractivity contribution is -0.119. The number of fused-ring (bicyclic) bond motifs is 1. The molecule has 3 rings (SSSR count). The van der Waals surface area contributed by atoms with Crippen molar-refractivity contribution in [2.24, 2.45) is 11.8 Å². The number of aliphatic hydroxyl groups excluding tert-OH is 1. The van der Waals surface area contributed by atoms with Gasteiger partial charge in [0, 0.05) is 31.3 Å². The third kappa shape index (κ3) is 6.44. The highest BCUT2D eigenvalue weighted by Crippen LogP contribution is 2.32. The van der Waals surface area contributed by atoms with Gasteiger partial charge < -0.3 is 9.67 Å². The number of aromatic nitrogens is 1. The van der Waals surface area contributed by atoms with Crippen LogP contribution >= 0.6 is 0 Å². The van der Waals surface area contributed by atoms with E-state index in [1.54, 1.807) is 0 Å². The Morgan fingerprint density at radius 3 is 2.48 bits per heavy atom. The zero-order valence-electron chi connectivity index (χ0n) is 17.0. The van der Waals surface area contributed by atoms with Crippen LogP contribution in [0.1, 0.15) is 36.5 Å². The van der Waals surface area contributed by atoms with Gasteiger partial charge >= 0.3 is 0 Å². The fraction of sp³-hybridized carbons (Fsp3) is 0.500. The Bertz CT molecular complexity index is 924. The molecule has 158 valence electrons. The summed E-state index contributed by atoms with van der Waals surface area (Å²) in [6, 6.07) is 10.5. The minimum Gasteiger partial charge on any atom is -0.393 e. The van der Waals surface area contributed by atoms with Crippen LogP contribution in [-0.2, 0) is 40.6 Å². The summed E-state index contributed by atoms with van der Waals surface area (Å²) in [7, 11) is -3.51. The number of aryl methyl sites for hydroxylation is 1. The molecule has 1 heterocycles. The highest BCUT2D eigenvalue weighted by Gasteiger charge is 2.26. The first-order valence-electron chi connectivity index (χ1n) is 10.1. The Labute approximate surface area is 173 Å². The molecule has 0 unspecified atom stereocenters. The molecule has 0 spiro atoms. The number of carbonyl (C=O) groups is 1. The summed E-state index contributed by atoms with van der Waals surface area (Å²) >= 11 is 0. The lowest BCUT2D eigenvalue weighted by atomic mass is 9.89. The van der Waals surface area contributed by atoms with Crippen LogP contribution < -0.4 is 4.72 Å². The summed E-state index contributed by atoms with van der Waals surface area (Å²) in [5, 5.41) is 10.3. The molecule has 2 N–H and O–H groups in total. The molecular weight excluding hydrogens is 388 g/mol. The van der Waals surface area contributed by atoms with Gasteiger partial charge in [0.05, 0.1) is 12.4 Å². The highest BCUT2D eigenvalue weighted by molar-refractivity contribution is 7.89. The molecule has 0 radical (unpaired) electrons. The second kappa shape index (κ2) is 9.13. The molecule has 2 atom stereocenters. The summed E-state index contributed by atoms with van der Waals surface area (Å²) in [6.45, 7) is 2.58. The fourth-order valence-electron chi connectivity index (χ4n) is 4.21. The number of nitrogens with zero attached hydrogens (tertiary/aromatic N) is 1. The smallest absolute Gasteiger partial charge is 0.233 e. The maximum absolute atomic E-state index is 11.7. The SMILES string of the molecule is C[C@@H](O)[C@@H](CC1Cc2ccccc2C1)Cn1ccc(CCC(=O)NS(C)(=O)=O)c1. The molecule has 1 amide bonds. The normalized spacial score (nSPS) is 16.4. The van der Waals surface area contributed by atoms with Crippen LogP contribution in [0.15, 0.2) is 42.7 Å². The predicted octanol–water partition coefficient (Wildman–Crippen LogP) is 2.30. The van der Waals surface area contributed by atoms with E-state index in [0.29, 0.717) is 12.3 Å². The van der Waals surface area contributed by atoms with Crippen molar-refractivity contribution in [2.75, 3.05) is 6.26 Å². The van der Waals surface area contributed by atoms with Gasteiger partial charge in [-0.1, -0.05) is 24.3 Å². The maximum atomic E-state index is 11.7. The van der Waals surface area contributed by atoms with Gasteiger partial charge in [-0.15, -0.1) is 0 Å². The minimum absolute atomic E-state index is 0.122. The molecule has 29 heavy (non-hydrogen) atoms. The van der Waals surface area contributed by atoms with E-state index >= 15 is 0 Å². The fourth-order valence-corrected chi connectivity index (χ4v) is 4.72. The molecule has 0 aliphatic heterocycles. The summed E-state index contributed by atoms with van der Waals surface area (Å²) in [5.74, 6) is 0.215. The quantitative estimate of drug-likeness (QED) is 0.654. The molecule has 2 aromatic rings. The van der Waals surface area contributed by atoms with Gasteiger partial charge in [-0.3, -0.25) is 9.52 Å². The number of nitrogens with one attached hydrogen (secondary N) is 1. The van der Waals surface area contributed by atoms with Crippen LogP contribution in [0.5, 0.6) is 0 Å². The van der Waals surface area contributed by atoms with Gasteiger partial charge in [-0.2, -0.15) is 0 Å². The number of amides is 1. The molecule has 1 aromatic heterocycles. The van der Waals surface area contributed by atoms with Crippen molar-refractivity contribution in [1.29, 1.82) is 0 Å². The number of sulfonamides is 1. The predicted molar refractivity (Wildman–Crippen MR) is 113 cm³/mol. The molecule has 0 bridgehead atoms. The van der Waals surface area contributed by atoms with Gasteiger partial charge in [0.25, 0.3) is 0 Å². The maximum Gasteiger partial charge on any atom is 0.233 e. The Morgan fingerprint density at radius 2 is 1.90 bits per heavy atom. The van der Waals surface area contributed by atoms with E-state index in [1.807, 2.05) is 30.1 Å². The number of hydrogen-bond acceptors (Lipinski definition) is 4.